The number of thiophene rings is 1. The molecule has 0 bridgehead atoms. The SMILES string of the molecule is COC(=O)c1c(NC(=O)c2ccc(OCC(C)C)cc2)sc(C)c1-c1ccc(C)cc1. The number of esters is 1. The number of carbonyl (C=O) groups excluding carboxylic acids is 2. The largest absolute Gasteiger partial charge is 0.493 e. The van der Waals surface area contributed by atoms with Crippen LogP contribution in [0.4, 0.5) is 5.00 Å². The summed E-state index contributed by atoms with van der Waals surface area (Å²) >= 11 is 1.36. The molecule has 0 atom stereocenters. The number of methoxy groups -OCH3 is 1. The van der Waals surface area contributed by atoms with Gasteiger partial charge >= 0.3 is 5.97 Å². The summed E-state index contributed by atoms with van der Waals surface area (Å²) in [7, 11) is 1.34. The Hall–Kier alpha value is -3.12. The fraction of sp³-hybridized carbons (Fsp3) is 0.280. The van der Waals surface area contributed by atoms with E-state index in [1.165, 1.54) is 18.4 Å². The van der Waals surface area contributed by atoms with E-state index < -0.39 is 5.97 Å². The van der Waals surface area contributed by atoms with Gasteiger partial charge in [-0.1, -0.05) is 43.7 Å². The molecular weight excluding hydrogens is 410 g/mol. The van der Waals surface area contributed by atoms with Crippen LogP contribution in [0.2, 0.25) is 0 Å². The van der Waals surface area contributed by atoms with Crippen molar-refractivity contribution in [1.29, 1.82) is 0 Å². The third-order valence-corrected chi connectivity index (χ3v) is 5.76. The summed E-state index contributed by atoms with van der Waals surface area (Å²) in [5.41, 5.74) is 3.68. The predicted molar refractivity (Wildman–Crippen MR) is 125 cm³/mol. The Kier molecular flexibility index (Phi) is 7.13. The highest BCUT2D eigenvalue weighted by atomic mass is 32.1. The average Bonchev–Trinajstić information content (AvgIpc) is 3.08. The normalized spacial score (nSPS) is 10.8. The van der Waals surface area contributed by atoms with Crippen molar-refractivity contribution in [3.8, 4) is 16.9 Å². The van der Waals surface area contributed by atoms with Crippen molar-refractivity contribution >= 4 is 28.2 Å². The topological polar surface area (TPSA) is 64.6 Å². The van der Waals surface area contributed by atoms with Gasteiger partial charge in [0, 0.05) is 16.0 Å². The van der Waals surface area contributed by atoms with E-state index in [0.717, 1.165) is 21.6 Å². The van der Waals surface area contributed by atoms with E-state index >= 15 is 0 Å². The molecule has 0 radical (unpaired) electrons. The summed E-state index contributed by atoms with van der Waals surface area (Å²) in [6.45, 7) is 8.71. The number of hydrogen-bond acceptors (Lipinski definition) is 5. The van der Waals surface area contributed by atoms with E-state index in [-0.39, 0.29) is 5.91 Å². The number of amides is 1. The van der Waals surface area contributed by atoms with Crippen molar-refractivity contribution in [2.45, 2.75) is 27.7 Å². The number of benzene rings is 2. The number of ether oxygens (including phenoxy) is 2. The summed E-state index contributed by atoms with van der Waals surface area (Å²) in [5.74, 6) is 0.364. The minimum absolute atomic E-state index is 0.294. The van der Waals surface area contributed by atoms with E-state index in [4.69, 9.17) is 9.47 Å². The molecule has 0 unspecified atom stereocenters. The molecule has 0 aliphatic rings. The molecule has 1 heterocycles. The second-order valence-corrected chi connectivity index (χ2v) is 9.00. The van der Waals surface area contributed by atoms with Gasteiger partial charge < -0.3 is 14.8 Å². The van der Waals surface area contributed by atoms with Crippen LogP contribution in [0.3, 0.4) is 0 Å². The second-order valence-electron chi connectivity index (χ2n) is 7.78. The van der Waals surface area contributed by atoms with Crippen LogP contribution < -0.4 is 10.1 Å². The number of rotatable bonds is 7. The lowest BCUT2D eigenvalue weighted by molar-refractivity contribution is 0.0603. The van der Waals surface area contributed by atoms with Gasteiger partial charge in [0.1, 0.15) is 16.3 Å². The maximum atomic E-state index is 12.9. The third kappa shape index (κ3) is 5.33. The van der Waals surface area contributed by atoms with Crippen LogP contribution in [0.1, 0.15) is 45.0 Å². The lowest BCUT2D eigenvalue weighted by atomic mass is 10.0. The maximum absolute atomic E-state index is 12.9. The summed E-state index contributed by atoms with van der Waals surface area (Å²) in [4.78, 5) is 26.4. The molecule has 3 aromatic rings. The van der Waals surface area contributed by atoms with Gasteiger partial charge in [-0.25, -0.2) is 4.79 Å². The van der Waals surface area contributed by atoms with Crippen molar-refractivity contribution in [2.75, 3.05) is 19.0 Å². The molecule has 1 N–H and O–H groups in total. The van der Waals surface area contributed by atoms with Crippen LogP contribution in [0.25, 0.3) is 11.1 Å². The Labute approximate surface area is 187 Å². The first-order chi connectivity index (χ1) is 14.8. The van der Waals surface area contributed by atoms with E-state index in [9.17, 15) is 9.59 Å². The van der Waals surface area contributed by atoms with Crippen molar-refractivity contribution in [3.05, 3.63) is 70.1 Å². The molecule has 5 nitrogen and oxygen atoms in total. The third-order valence-electron chi connectivity index (χ3n) is 4.74. The molecule has 0 aliphatic carbocycles. The van der Waals surface area contributed by atoms with Gasteiger partial charge in [-0.3, -0.25) is 4.79 Å². The smallest absolute Gasteiger partial charge is 0.341 e. The Morgan fingerprint density at radius 2 is 1.65 bits per heavy atom. The molecule has 31 heavy (non-hydrogen) atoms. The molecule has 0 aliphatic heterocycles. The van der Waals surface area contributed by atoms with E-state index in [0.29, 0.717) is 34.4 Å². The molecule has 1 aromatic heterocycles. The number of anilines is 1. The first-order valence-corrected chi connectivity index (χ1v) is 10.9. The lowest BCUT2D eigenvalue weighted by Crippen LogP contribution is -2.14. The van der Waals surface area contributed by atoms with Crippen molar-refractivity contribution in [2.24, 2.45) is 5.92 Å². The Morgan fingerprint density at radius 1 is 1.00 bits per heavy atom. The molecule has 162 valence electrons. The molecule has 6 heteroatoms. The van der Waals surface area contributed by atoms with Crippen molar-refractivity contribution < 1.29 is 19.1 Å². The zero-order valence-corrected chi connectivity index (χ0v) is 19.3. The highest BCUT2D eigenvalue weighted by Crippen LogP contribution is 2.40. The number of nitrogens with one attached hydrogen (secondary N) is 1. The van der Waals surface area contributed by atoms with Gasteiger partial charge in [0.2, 0.25) is 0 Å². The summed E-state index contributed by atoms with van der Waals surface area (Å²) in [5, 5.41) is 3.37. The van der Waals surface area contributed by atoms with Crippen LogP contribution >= 0.6 is 11.3 Å². The van der Waals surface area contributed by atoms with E-state index in [1.54, 1.807) is 24.3 Å². The number of aryl methyl sites for hydroxylation is 2. The van der Waals surface area contributed by atoms with Crippen LogP contribution in [-0.2, 0) is 4.74 Å². The quantitative estimate of drug-likeness (QED) is 0.453. The van der Waals surface area contributed by atoms with Gasteiger partial charge in [0.25, 0.3) is 5.91 Å². The van der Waals surface area contributed by atoms with Gasteiger partial charge in [0.05, 0.1) is 13.7 Å². The van der Waals surface area contributed by atoms with Crippen LogP contribution in [0.5, 0.6) is 5.75 Å². The van der Waals surface area contributed by atoms with Gasteiger partial charge in [-0.2, -0.15) is 0 Å². The van der Waals surface area contributed by atoms with Gasteiger partial charge in [-0.15, -0.1) is 11.3 Å². The lowest BCUT2D eigenvalue weighted by Gasteiger charge is -2.10. The standard InChI is InChI=1S/C25H27NO4S/c1-15(2)14-30-20-12-10-19(11-13-20)23(27)26-24-22(25(28)29-5)21(17(4)31-24)18-8-6-16(3)7-9-18/h6-13,15H,14H2,1-5H3,(H,26,27). The zero-order chi connectivity index (χ0) is 22.5. The molecule has 0 saturated heterocycles. The minimum Gasteiger partial charge on any atom is -0.493 e. The monoisotopic (exact) mass is 437 g/mol. The van der Waals surface area contributed by atoms with Crippen LogP contribution in [-0.4, -0.2) is 25.6 Å². The molecule has 3 rings (SSSR count). The Bertz CT molecular complexity index is 1070. The summed E-state index contributed by atoms with van der Waals surface area (Å²) < 4.78 is 10.7. The molecule has 0 spiro atoms. The highest BCUT2D eigenvalue weighted by Gasteiger charge is 2.25. The summed E-state index contributed by atoms with van der Waals surface area (Å²) in [6, 6.07) is 14.9. The molecule has 1 amide bonds. The van der Waals surface area contributed by atoms with Crippen LogP contribution in [0, 0.1) is 19.8 Å². The average molecular weight is 438 g/mol. The number of hydrogen-bond donors (Lipinski definition) is 1. The fourth-order valence-electron chi connectivity index (χ4n) is 3.14. The van der Waals surface area contributed by atoms with Gasteiger partial charge in [0.15, 0.2) is 0 Å². The Balaban J connectivity index is 1.89. The Morgan fingerprint density at radius 3 is 2.23 bits per heavy atom. The highest BCUT2D eigenvalue weighted by molar-refractivity contribution is 7.17. The molecular formula is C25H27NO4S. The molecule has 0 fully saturated rings. The predicted octanol–water partition coefficient (Wildman–Crippen LogP) is 6.11. The fourth-order valence-corrected chi connectivity index (χ4v) is 4.20. The first kappa shape index (κ1) is 22.6. The zero-order valence-electron chi connectivity index (χ0n) is 18.4. The van der Waals surface area contributed by atoms with E-state index in [2.05, 4.69) is 19.2 Å². The molecule has 2 aromatic carbocycles. The molecule has 0 saturated carbocycles. The summed E-state index contributed by atoms with van der Waals surface area (Å²) in [6.07, 6.45) is 0. The minimum atomic E-state index is -0.479. The first-order valence-electron chi connectivity index (χ1n) is 10.1. The maximum Gasteiger partial charge on any atom is 0.341 e. The van der Waals surface area contributed by atoms with Crippen molar-refractivity contribution in [1.82, 2.24) is 0 Å². The second kappa shape index (κ2) is 9.79. The van der Waals surface area contributed by atoms with Gasteiger partial charge in [-0.05, 0) is 49.6 Å². The van der Waals surface area contributed by atoms with E-state index in [1.807, 2.05) is 38.1 Å². The van der Waals surface area contributed by atoms with Crippen molar-refractivity contribution in [3.63, 3.8) is 0 Å². The number of carbonyl (C=O) groups is 2. The van der Waals surface area contributed by atoms with Crippen LogP contribution in [0.15, 0.2) is 48.5 Å².